The van der Waals surface area contributed by atoms with Crippen LogP contribution in [0, 0.1) is 64.1 Å². The highest BCUT2D eigenvalue weighted by Crippen LogP contribution is 2.67. The third-order valence-electron chi connectivity index (χ3n) is 10.1. The number of nitrogens with zero attached hydrogens (tertiary/aromatic N) is 3. The van der Waals surface area contributed by atoms with E-state index in [9.17, 15) is 18.0 Å². The molecule has 4 aliphatic rings. The lowest BCUT2D eigenvalue weighted by Crippen LogP contribution is -2.50. The van der Waals surface area contributed by atoms with Gasteiger partial charge in [0.1, 0.15) is 6.07 Å². The monoisotopic (exact) mass is 461 g/mol. The van der Waals surface area contributed by atoms with Gasteiger partial charge in [-0.1, -0.05) is 20.3 Å². The molecule has 0 radical (unpaired) electrons. The highest BCUT2D eigenvalue weighted by Gasteiger charge is 2.66. The summed E-state index contributed by atoms with van der Waals surface area (Å²) < 4.78 is 44.2. The standard InChI is InChI=1S/C26H34F3N3O/c1-15-3-5-18-17(9-15)4-6-20-19(18)7-8-25(2)21(20)10-22(26(27,28)29)24(25)23(33)14-32-13-16(11-30)12-31-32/h12-13,15,17-22,24H,3-10,14H2,1-2H3. The smallest absolute Gasteiger partial charge is 0.297 e. The number of hydrogen-bond donors (Lipinski definition) is 0. The van der Waals surface area contributed by atoms with Crippen molar-refractivity contribution in [1.29, 1.82) is 5.26 Å². The number of carbonyl (C=O) groups excluding carboxylic acids is 1. The molecule has 0 spiro atoms. The molecule has 7 heteroatoms. The number of halogens is 3. The Bertz CT molecular complexity index is 949. The van der Waals surface area contributed by atoms with E-state index in [1.54, 1.807) is 0 Å². The van der Waals surface area contributed by atoms with E-state index in [-0.39, 0.29) is 24.7 Å². The Kier molecular flexibility index (Phi) is 5.65. The molecule has 9 unspecified atom stereocenters. The van der Waals surface area contributed by atoms with Gasteiger partial charge in [0.2, 0.25) is 0 Å². The molecule has 33 heavy (non-hydrogen) atoms. The van der Waals surface area contributed by atoms with Gasteiger partial charge < -0.3 is 0 Å². The van der Waals surface area contributed by atoms with Crippen LogP contribution >= 0.6 is 0 Å². The molecule has 1 aromatic rings. The summed E-state index contributed by atoms with van der Waals surface area (Å²) in [6, 6.07) is 1.96. The zero-order chi connectivity index (χ0) is 23.5. The van der Waals surface area contributed by atoms with Crippen molar-refractivity contribution in [3.05, 3.63) is 18.0 Å². The fourth-order valence-electron chi connectivity index (χ4n) is 8.82. The van der Waals surface area contributed by atoms with Gasteiger partial charge in [0.25, 0.3) is 0 Å². The lowest BCUT2D eigenvalue weighted by atomic mass is 9.49. The summed E-state index contributed by atoms with van der Waals surface area (Å²) in [5.41, 5.74) is -0.303. The van der Waals surface area contributed by atoms with Crippen molar-refractivity contribution in [2.75, 3.05) is 0 Å². The Hall–Kier alpha value is -1.84. The molecule has 4 fully saturated rings. The van der Waals surface area contributed by atoms with Gasteiger partial charge in [-0.25, -0.2) is 0 Å². The summed E-state index contributed by atoms with van der Waals surface area (Å²) in [5.74, 6) is -0.00202. The Balaban J connectivity index is 1.42. The minimum atomic E-state index is -4.38. The van der Waals surface area contributed by atoms with Gasteiger partial charge in [-0.3, -0.25) is 9.48 Å². The van der Waals surface area contributed by atoms with Crippen molar-refractivity contribution < 1.29 is 18.0 Å². The van der Waals surface area contributed by atoms with Gasteiger partial charge in [0, 0.05) is 12.1 Å². The fraction of sp³-hybridized carbons (Fsp3) is 0.808. The minimum Gasteiger partial charge on any atom is -0.297 e. The molecule has 4 aliphatic carbocycles. The third kappa shape index (κ3) is 3.82. The summed E-state index contributed by atoms with van der Waals surface area (Å²) in [6.45, 7) is 4.11. The Labute approximate surface area is 193 Å². The summed E-state index contributed by atoms with van der Waals surface area (Å²) >= 11 is 0. The molecule has 5 rings (SSSR count). The van der Waals surface area contributed by atoms with Crippen LogP contribution in [0.5, 0.6) is 0 Å². The van der Waals surface area contributed by atoms with Crippen LogP contribution < -0.4 is 0 Å². The summed E-state index contributed by atoms with van der Waals surface area (Å²) in [6.07, 6.45) is 6.08. The molecular weight excluding hydrogens is 427 g/mol. The van der Waals surface area contributed by atoms with Gasteiger partial charge in [0.15, 0.2) is 5.78 Å². The van der Waals surface area contributed by atoms with E-state index >= 15 is 0 Å². The topological polar surface area (TPSA) is 58.7 Å². The quantitative estimate of drug-likeness (QED) is 0.553. The summed E-state index contributed by atoms with van der Waals surface area (Å²) in [5, 5.41) is 13.0. The molecule has 4 saturated carbocycles. The molecule has 4 nitrogen and oxygen atoms in total. The maximum atomic E-state index is 14.3. The van der Waals surface area contributed by atoms with Gasteiger partial charge in [-0.15, -0.1) is 0 Å². The van der Waals surface area contributed by atoms with Crippen LogP contribution in [0.25, 0.3) is 0 Å². The van der Waals surface area contributed by atoms with E-state index in [0.29, 0.717) is 29.7 Å². The molecule has 0 aliphatic heterocycles. The van der Waals surface area contributed by atoms with E-state index in [2.05, 4.69) is 12.0 Å². The Morgan fingerprint density at radius 3 is 2.64 bits per heavy atom. The number of carbonyl (C=O) groups is 1. The summed E-state index contributed by atoms with van der Waals surface area (Å²) in [7, 11) is 0. The second-order valence-electron chi connectivity index (χ2n) is 11.8. The van der Waals surface area contributed by atoms with Crippen LogP contribution in [0.15, 0.2) is 12.4 Å². The largest absolute Gasteiger partial charge is 0.392 e. The predicted molar refractivity (Wildman–Crippen MR) is 117 cm³/mol. The second kappa shape index (κ2) is 8.13. The first-order valence-corrected chi connectivity index (χ1v) is 12.6. The number of rotatable bonds is 3. The van der Waals surface area contributed by atoms with Crippen molar-refractivity contribution in [3.8, 4) is 6.07 Å². The molecule has 0 aromatic carbocycles. The second-order valence-corrected chi connectivity index (χ2v) is 11.8. The van der Waals surface area contributed by atoms with Gasteiger partial charge in [0.05, 0.1) is 24.2 Å². The molecule has 1 heterocycles. The number of nitriles is 1. The number of hydrogen-bond acceptors (Lipinski definition) is 3. The van der Waals surface area contributed by atoms with Crippen molar-refractivity contribution in [3.63, 3.8) is 0 Å². The molecule has 0 amide bonds. The maximum Gasteiger partial charge on any atom is 0.392 e. The fourth-order valence-corrected chi connectivity index (χ4v) is 8.82. The normalized spacial score (nSPS) is 42.7. The first kappa shape index (κ1) is 22.9. The lowest BCUT2D eigenvalue weighted by molar-refractivity contribution is -0.191. The average molecular weight is 462 g/mol. The Morgan fingerprint density at radius 2 is 1.94 bits per heavy atom. The molecule has 9 atom stereocenters. The average Bonchev–Trinajstić information content (AvgIpc) is 3.34. The molecule has 0 saturated heterocycles. The van der Waals surface area contributed by atoms with E-state index < -0.39 is 23.4 Å². The van der Waals surface area contributed by atoms with Crippen LogP contribution in [0.3, 0.4) is 0 Å². The van der Waals surface area contributed by atoms with E-state index in [4.69, 9.17) is 5.26 Å². The minimum absolute atomic E-state index is 0.0376. The molecule has 180 valence electrons. The predicted octanol–water partition coefficient (Wildman–Crippen LogP) is 6.02. The van der Waals surface area contributed by atoms with E-state index in [0.717, 1.165) is 31.1 Å². The maximum absolute atomic E-state index is 14.3. The lowest BCUT2D eigenvalue weighted by Gasteiger charge is -2.56. The third-order valence-corrected chi connectivity index (χ3v) is 10.1. The molecule has 0 N–H and O–H groups in total. The first-order chi connectivity index (χ1) is 15.6. The molecule has 1 aromatic heterocycles. The number of aromatic nitrogens is 2. The first-order valence-electron chi connectivity index (χ1n) is 12.6. The van der Waals surface area contributed by atoms with Crippen molar-refractivity contribution >= 4 is 5.78 Å². The van der Waals surface area contributed by atoms with Gasteiger partial charge in [-0.2, -0.15) is 23.5 Å². The number of Topliss-reactive ketones (excluding diaryl/α,β-unsaturated/α-hetero) is 1. The Morgan fingerprint density at radius 1 is 1.18 bits per heavy atom. The number of ketones is 1. The molecule has 0 bridgehead atoms. The number of alkyl halides is 3. The van der Waals surface area contributed by atoms with Crippen molar-refractivity contribution in [1.82, 2.24) is 9.78 Å². The zero-order valence-electron chi connectivity index (χ0n) is 19.5. The van der Waals surface area contributed by atoms with E-state index in [1.165, 1.54) is 36.3 Å². The SMILES string of the molecule is CC1CCC2C(CCC3C2CCC2(C)C3CC(C(F)(F)F)C2C(=O)Cn2cc(C#N)cn2)C1. The highest BCUT2D eigenvalue weighted by atomic mass is 19.4. The van der Waals surface area contributed by atoms with Gasteiger partial charge in [-0.05, 0) is 85.9 Å². The zero-order valence-corrected chi connectivity index (χ0v) is 19.5. The van der Waals surface area contributed by atoms with Crippen LogP contribution in [0.1, 0.15) is 70.8 Å². The van der Waals surface area contributed by atoms with Crippen molar-refractivity contribution in [2.45, 2.75) is 77.9 Å². The molecular formula is C26H34F3N3O. The van der Waals surface area contributed by atoms with Crippen LogP contribution in [-0.4, -0.2) is 21.7 Å². The highest BCUT2D eigenvalue weighted by molar-refractivity contribution is 5.82. The van der Waals surface area contributed by atoms with Gasteiger partial charge >= 0.3 is 6.18 Å². The number of fused-ring (bicyclic) bond motifs is 5. The van der Waals surface area contributed by atoms with Crippen LogP contribution in [0.4, 0.5) is 13.2 Å². The van der Waals surface area contributed by atoms with E-state index in [1.807, 2.05) is 13.0 Å². The van der Waals surface area contributed by atoms with Crippen molar-refractivity contribution in [2.24, 2.45) is 52.8 Å². The van der Waals surface area contributed by atoms with Crippen LogP contribution in [0.2, 0.25) is 0 Å². The summed E-state index contributed by atoms with van der Waals surface area (Å²) in [4.78, 5) is 13.4. The van der Waals surface area contributed by atoms with Crippen LogP contribution in [-0.2, 0) is 11.3 Å².